The third kappa shape index (κ3) is 4.96. The van der Waals surface area contributed by atoms with Crippen LogP contribution in [0, 0.1) is 10.1 Å². The topological polar surface area (TPSA) is 120 Å². The zero-order valence-corrected chi connectivity index (χ0v) is 13.4. The summed E-state index contributed by atoms with van der Waals surface area (Å²) in [5.41, 5.74) is 6.48. The van der Waals surface area contributed by atoms with Gasteiger partial charge in [-0.15, -0.1) is 12.4 Å². The SMILES string of the molecule is CN=C(N)Nc1ccc(C(=O)Oc2ccc([N+](=O)[O-])cc2)cc1.Cl. The summed E-state index contributed by atoms with van der Waals surface area (Å²) in [6, 6.07) is 11.7. The number of nitro benzene ring substituents is 1. The lowest BCUT2D eigenvalue weighted by molar-refractivity contribution is -0.384. The molecule has 9 heteroatoms. The summed E-state index contributed by atoms with van der Waals surface area (Å²) in [6.07, 6.45) is 0. The molecule has 2 aromatic rings. The fraction of sp³-hybridized carbons (Fsp3) is 0.0667. The van der Waals surface area contributed by atoms with Crippen molar-refractivity contribution in [1.82, 2.24) is 0 Å². The van der Waals surface area contributed by atoms with Gasteiger partial charge in [0.25, 0.3) is 5.69 Å². The van der Waals surface area contributed by atoms with Gasteiger partial charge in [0.15, 0.2) is 5.96 Å². The summed E-state index contributed by atoms with van der Waals surface area (Å²) in [7, 11) is 1.55. The minimum atomic E-state index is -0.567. The van der Waals surface area contributed by atoms with Gasteiger partial charge in [0.2, 0.25) is 0 Å². The average molecular weight is 351 g/mol. The van der Waals surface area contributed by atoms with E-state index in [0.717, 1.165) is 0 Å². The molecule has 126 valence electrons. The second kappa shape index (κ2) is 8.49. The summed E-state index contributed by atoms with van der Waals surface area (Å²) >= 11 is 0. The summed E-state index contributed by atoms with van der Waals surface area (Å²) in [6.45, 7) is 0. The number of esters is 1. The molecule has 0 radical (unpaired) electrons. The number of carbonyl (C=O) groups excluding carboxylic acids is 1. The third-order valence-corrected chi connectivity index (χ3v) is 2.89. The van der Waals surface area contributed by atoms with Crippen LogP contribution in [0.15, 0.2) is 53.5 Å². The Morgan fingerprint density at radius 2 is 1.75 bits per heavy atom. The second-order valence-electron chi connectivity index (χ2n) is 4.45. The van der Waals surface area contributed by atoms with Crippen LogP contribution in [-0.4, -0.2) is 23.9 Å². The highest BCUT2D eigenvalue weighted by molar-refractivity contribution is 5.94. The first-order chi connectivity index (χ1) is 11.0. The second-order valence-corrected chi connectivity index (χ2v) is 4.45. The Kier molecular flexibility index (Phi) is 6.69. The van der Waals surface area contributed by atoms with Crippen LogP contribution in [0.5, 0.6) is 5.75 Å². The molecular formula is C15H15ClN4O4. The molecule has 0 heterocycles. The molecule has 0 aromatic heterocycles. The maximum atomic E-state index is 12.0. The molecule has 0 fully saturated rings. The van der Waals surface area contributed by atoms with E-state index in [2.05, 4.69) is 10.3 Å². The van der Waals surface area contributed by atoms with E-state index in [1.165, 1.54) is 24.3 Å². The molecule has 0 spiro atoms. The van der Waals surface area contributed by atoms with Crippen molar-refractivity contribution in [3.63, 3.8) is 0 Å². The minimum absolute atomic E-state index is 0. The predicted octanol–water partition coefficient (Wildman–Crippen LogP) is 2.59. The Morgan fingerprint density at radius 1 is 1.17 bits per heavy atom. The third-order valence-electron chi connectivity index (χ3n) is 2.89. The van der Waals surface area contributed by atoms with Gasteiger partial charge in [-0.2, -0.15) is 0 Å². The predicted molar refractivity (Wildman–Crippen MR) is 92.9 cm³/mol. The highest BCUT2D eigenvalue weighted by Gasteiger charge is 2.10. The van der Waals surface area contributed by atoms with Crippen LogP contribution >= 0.6 is 12.4 Å². The number of rotatable bonds is 4. The van der Waals surface area contributed by atoms with Crippen LogP contribution < -0.4 is 15.8 Å². The quantitative estimate of drug-likeness (QED) is 0.218. The number of carbonyl (C=O) groups is 1. The molecule has 0 saturated heterocycles. The zero-order valence-electron chi connectivity index (χ0n) is 12.6. The van der Waals surface area contributed by atoms with E-state index in [-0.39, 0.29) is 29.8 Å². The molecular weight excluding hydrogens is 336 g/mol. The summed E-state index contributed by atoms with van der Waals surface area (Å²) < 4.78 is 5.15. The number of nitrogens with one attached hydrogen (secondary N) is 1. The van der Waals surface area contributed by atoms with Crippen molar-refractivity contribution in [2.24, 2.45) is 10.7 Å². The Bertz CT molecular complexity index is 745. The van der Waals surface area contributed by atoms with Gasteiger partial charge in [-0.05, 0) is 36.4 Å². The number of nitrogens with two attached hydrogens (primary N) is 1. The van der Waals surface area contributed by atoms with E-state index in [1.54, 1.807) is 31.3 Å². The van der Waals surface area contributed by atoms with Crippen molar-refractivity contribution in [2.75, 3.05) is 12.4 Å². The fourth-order valence-electron chi connectivity index (χ4n) is 1.70. The number of anilines is 1. The standard InChI is InChI=1S/C15H14N4O4.ClH/c1-17-15(16)18-11-4-2-10(3-5-11)14(20)23-13-8-6-12(7-9-13)19(21)22;/h2-9H,1H3,(H3,16,17,18);1H. The first kappa shape index (κ1) is 18.9. The molecule has 0 aliphatic heterocycles. The highest BCUT2D eigenvalue weighted by Crippen LogP contribution is 2.19. The molecule has 0 unspecified atom stereocenters. The van der Waals surface area contributed by atoms with E-state index in [9.17, 15) is 14.9 Å². The molecule has 3 N–H and O–H groups in total. The van der Waals surface area contributed by atoms with Gasteiger partial charge >= 0.3 is 5.97 Å². The fourth-order valence-corrected chi connectivity index (χ4v) is 1.70. The Hall–Kier alpha value is -3.13. The Morgan fingerprint density at radius 3 is 2.25 bits per heavy atom. The van der Waals surface area contributed by atoms with Crippen molar-refractivity contribution in [3.05, 3.63) is 64.2 Å². The lowest BCUT2D eigenvalue weighted by Gasteiger charge is -2.07. The van der Waals surface area contributed by atoms with Crippen LogP contribution in [0.25, 0.3) is 0 Å². The first-order valence-electron chi connectivity index (χ1n) is 6.55. The molecule has 2 aromatic carbocycles. The number of nitro groups is 1. The average Bonchev–Trinajstić information content (AvgIpc) is 2.55. The lowest BCUT2D eigenvalue weighted by atomic mass is 10.2. The Labute approximate surface area is 143 Å². The van der Waals surface area contributed by atoms with Gasteiger partial charge in [0.1, 0.15) is 5.75 Å². The van der Waals surface area contributed by atoms with Gasteiger partial charge in [0, 0.05) is 24.9 Å². The van der Waals surface area contributed by atoms with Crippen LogP contribution in [0.2, 0.25) is 0 Å². The number of nitrogens with zero attached hydrogens (tertiary/aromatic N) is 2. The van der Waals surface area contributed by atoms with Crippen molar-refractivity contribution >= 4 is 35.7 Å². The first-order valence-corrected chi connectivity index (χ1v) is 6.55. The van der Waals surface area contributed by atoms with E-state index in [0.29, 0.717) is 11.3 Å². The van der Waals surface area contributed by atoms with E-state index in [1.807, 2.05) is 0 Å². The van der Waals surface area contributed by atoms with Crippen molar-refractivity contribution in [1.29, 1.82) is 0 Å². The van der Waals surface area contributed by atoms with Gasteiger partial charge in [-0.1, -0.05) is 0 Å². The number of guanidine groups is 1. The number of non-ortho nitro benzene ring substituents is 1. The summed E-state index contributed by atoms with van der Waals surface area (Å²) in [5, 5.41) is 13.4. The normalized spacial score (nSPS) is 10.5. The maximum Gasteiger partial charge on any atom is 0.343 e. The van der Waals surface area contributed by atoms with Crippen LogP contribution in [-0.2, 0) is 0 Å². The number of ether oxygens (including phenoxy) is 1. The van der Waals surface area contributed by atoms with Crippen LogP contribution in [0.1, 0.15) is 10.4 Å². The number of halogens is 1. The van der Waals surface area contributed by atoms with E-state index < -0.39 is 10.9 Å². The minimum Gasteiger partial charge on any atom is -0.423 e. The number of hydrogen-bond acceptors (Lipinski definition) is 5. The summed E-state index contributed by atoms with van der Waals surface area (Å²) in [4.78, 5) is 25.8. The molecule has 0 atom stereocenters. The van der Waals surface area contributed by atoms with Gasteiger partial charge in [-0.25, -0.2) is 4.79 Å². The van der Waals surface area contributed by atoms with Crippen LogP contribution in [0.4, 0.5) is 11.4 Å². The molecule has 0 aliphatic carbocycles. The summed E-state index contributed by atoms with van der Waals surface area (Å²) in [5.74, 6) is -0.0843. The highest BCUT2D eigenvalue weighted by atomic mass is 35.5. The van der Waals surface area contributed by atoms with Crippen molar-refractivity contribution in [2.45, 2.75) is 0 Å². The maximum absolute atomic E-state index is 12.0. The van der Waals surface area contributed by atoms with Gasteiger partial charge in [-0.3, -0.25) is 15.1 Å². The monoisotopic (exact) mass is 350 g/mol. The number of hydrogen-bond donors (Lipinski definition) is 2. The van der Waals surface area contributed by atoms with Gasteiger partial charge < -0.3 is 15.8 Å². The molecule has 2 rings (SSSR count). The van der Waals surface area contributed by atoms with Gasteiger partial charge in [0.05, 0.1) is 10.5 Å². The molecule has 0 bridgehead atoms. The smallest absolute Gasteiger partial charge is 0.343 e. The number of benzene rings is 2. The molecule has 8 nitrogen and oxygen atoms in total. The lowest BCUT2D eigenvalue weighted by Crippen LogP contribution is -2.22. The molecule has 0 saturated carbocycles. The Balaban J connectivity index is 0.00000288. The van der Waals surface area contributed by atoms with Crippen LogP contribution in [0.3, 0.4) is 0 Å². The van der Waals surface area contributed by atoms with E-state index >= 15 is 0 Å². The van der Waals surface area contributed by atoms with Crippen molar-refractivity contribution in [3.8, 4) is 5.75 Å². The molecule has 0 amide bonds. The number of aliphatic imine (C=N–C) groups is 1. The van der Waals surface area contributed by atoms with Crippen molar-refractivity contribution < 1.29 is 14.5 Å². The zero-order chi connectivity index (χ0) is 16.8. The van der Waals surface area contributed by atoms with E-state index in [4.69, 9.17) is 10.5 Å². The molecule has 0 aliphatic rings. The largest absolute Gasteiger partial charge is 0.423 e. The molecule has 24 heavy (non-hydrogen) atoms.